The molecule has 0 aromatic heterocycles. The first-order chi connectivity index (χ1) is 12.3. The lowest BCUT2D eigenvalue weighted by molar-refractivity contribution is -0.137. The summed E-state index contributed by atoms with van der Waals surface area (Å²) < 4.78 is 47.7. The van der Waals surface area contributed by atoms with Gasteiger partial charge in [-0.1, -0.05) is 16.8 Å². The number of nitrogens with zero attached hydrogens (tertiary/aromatic N) is 1. The zero-order chi connectivity index (χ0) is 19.3. The monoisotopic (exact) mass is 387 g/mol. The Hall–Kier alpha value is -2.74. The van der Waals surface area contributed by atoms with E-state index >= 15 is 0 Å². The van der Waals surface area contributed by atoms with Crippen LogP contribution in [-0.4, -0.2) is 26.4 Å². The summed E-state index contributed by atoms with van der Waals surface area (Å²) in [5, 5.41) is 3.70. The van der Waals surface area contributed by atoms with Crippen molar-refractivity contribution in [3.8, 4) is 11.5 Å². The number of ether oxygens (including phenoxy) is 2. The molecule has 0 aliphatic heterocycles. The van der Waals surface area contributed by atoms with E-state index in [4.69, 9.17) is 21.1 Å². The lowest BCUT2D eigenvalue weighted by Crippen LogP contribution is -2.06. The van der Waals surface area contributed by atoms with E-state index in [1.165, 1.54) is 20.4 Å². The van der Waals surface area contributed by atoms with E-state index in [2.05, 4.69) is 9.99 Å². The smallest absolute Gasteiger partial charge is 0.416 e. The molecule has 0 aliphatic carbocycles. The van der Waals surface area contributed by atoms with E-state index in [1.807, 2.05) is 0 Å². The zero-order valence-corrected chi connectivity index (χ0v) is 14.4. The molecule has 0 fully saturated rings. The van der Waals surface area contributed by atoms with Crippen LogP contribution >= 0.6 is 11.6 Å². The Kier molecular flexibility index (Phi) is 6.10. The first kappa shape index (κ1) is 19.6. The number of hydrogen-bond acceptors (Lipinski definition) is 5. The molecule has 2 aromatic rings. The van der Waals surface area contributed by atoms with Crippen LogP contribution < -0.4 is 9.47 Å². The molecule has 0 heterocycles. The molecule has 0 saturated carbocycles. The Bertz CT molecular complexity index is 820. The summed E-state index contributed by atoms with van der Waals surface area (Å²) in [5.74, 6) is -0.213. The second-order valence-electron chi connectivity index (χ2n) is 4.89. The van der Waals surface area contributed by atoms with Crippen molar-refractivity contribution < 1.29 is 32.3 Å². The molecular formula is C17H13ClF3NO4. The molecule has 9 heteroatoms. The van der Waals surface area contributed by atoms with E-state index in [0.29, 0.717) is 11.3 Å². The average molecular weight is 388 g/mol. The van der Waals surface area contributed by atoms with E-state index in [0.717, 1.165) is 24.3 Å². The van der Waals surface area contributed by atoms with Crippen LogP contribution in [0.3, 0.4) is 0 Å². The van der Waals surface area contributed by atoms with Crippen LogP contribution in [0.4, 0.5) is 13.2 Å². The van der Waals surface area contributed by atoms with Gasteiger partial charge in [-0.15, -0.1) is 0 Å². The van der Waals surface area contributed by atoms with Gasteiger partial charge >= 0.3 is 12.1 Å². The van der Waals surface area contributed by atoms with E-state index in [-0.39, 0.29) is 16.3 Å². The third-order valence-corrected chi connectivity index (χ3v) is 3.68. The Labute approximate surface area is 151 Å². The van der Waals surface area contributed by atoms with Crippen LogP contribution in [0.2, 0.25) is 5.02 Å². The molecule has 0 spiro atoms. The Morgan fingerprint density at radius 3 is 2.27 bits per heavy atom. The molecule has 0 atom stereocenters. The Morgan fingerprint density at radius 1 is 1.08 bits per heavy atom. The van der Waals surface area contributed by atoms with Gasteiger partial charge in [-0.3, -0.25) is 0 Å². The van der Waals surface area contributed by atoms with Gasteiger partial charge < -0.3 is 14.3 Å². The Balaban J connectivity index is 2.10. The van der Waals surface area contributed by atoms with Gasteiger partial charge in [-0.25, -0.2) is 4.79 Å². The number of carbonyl (C=O) groups is 1. The minimum atomic E-state index is -4.48. The molecule has 0 unspecified atom stereocenters. The molecule has 2 rings (SSSR count). The second kappa shape index (κ2) is 8.09. The van der Waals surface area contributed by atoms with Crippen molar-refractivity contribution in [1.29, 1.82) is 0 Å². The highest BCUT2D eigenvalue weighted by atomic mass is 35.5. The summed E-state index contributed by atoms with van der Waals surface area (Å²) >= 11 is 6.14. The highest BCUT2D eigenvalue weighted by molar-refractivity contribution is 6.34. The summed E-state index contributed by atoms with van der Waals surface area (Å²) in [6, 6.07) is 6.73. The van der Waals surface area contributed by atoms with Crippen molar-refractivity contribution in [3.05, 3.63) is 58.1 Å². The summed E-state index contributed by atoms with van der Waals surface area (Å²) in [4.78, 5) is 16.5. The molecule has 5 nitrogen and oxygen atoms in total. The first-order valence-electron chi connectivity index (χ1n) is 7.10. The van der Waals surface area contributed by atoms with Gasteiger partial charge in [0.05, 0.1) is 36.6 Å². The largest absolute Gasteiger partial charge is 0.493 e. The quantitative estimate of drug-likeness (QED) is 0.428. The fourth-order valence-corrected chi connectivity index (χ4v) is 2.27. The van der Waals surface area contributed by atoms with Gasteiger partial charge in [0.15, 0.2) is 11.5 Å². The van der Waals surface area contributed by atoms with Crippen LogP contribution in [0.5, 0.6) is 11.5 Å². The van der Waals surface area contributed by atoms with Crippen molar-refractivity contribution in [2.24, 2.45) is 5.16 Å². The van der Waals surface area contributed by atoms with Gasteiger partial charge in [0.2, 0.25) is 0 Å². The molecule has 0 saturated heterocycles. The average Bonchev–Trinajstić information content (AvgIpc) is 2.62. The number of rotatable bonds is 5. The maximum Gasteiger partial charge on any atom is 0.416 e. The first-order valence-corrected chi connectivity index (χ1v) is 7.48. The standard InChI is InChI=1S/C17H13ClF3NO4/c1-24-13-8-5-11(14(18)15(13)25-2)9-22-26-16(23)10-3-6-12(7-4-10)17(19,20)21/h3-9H,1-2H3. The predicted molar refractivity (Wildman–Crippen MR) is 89.0 cm³/mol. The third kappa shape index (κ3) is 4.45. The number of carbonyl (C=O) groups excluding carboxylic acids is 1. The van der Waals surface area contributed by atoms with E-state index in [1.54, 1.807) is 12.1 Å². The van der Waals surface area contributed by atoms with Crippen LogP contribution in [-0.2, 0) is 11.0 Å². The summed E-state index contributed by atoms with van der Waals surface area (Å²) in [5.41, 5.74) is -0.548. The zero-order valence-electron chi connectivity index (χ0n) is 13.6. The lowest BCUT2D eigenvalue weighted by Gasteiger charge is -2.10. The SMILES string of the molecule is COc1ccc(C=NOC(=O)c2ccc(C(F)(F)F)cc2)c(Cl)c1OC. The molecule has 2 aromatic carbocycles. The predicted octanol–water partition coefficient (Wildman–Crippen LogP) is 4.57. The lowest BCUT2D eigenvalue weighted by atomic mass is 10.1. The van der Waals surface area contributed by atoms with Crippen LogP contribution in [0, 0.1) is 0 Å². The number of methoxy groups -OCH3 is 2. The second-order valence-corrected chi connectivity index (χ2v) is 5.27. The maximum atomic E-state index is 12.5. The summed E-state index contributed by atoms with van der Waals surface area (Å²) in [7, 11) is 2.86. The maximum absolute atomic E-state index is 12.5. The number of benzene rings is 2. The molecule has 0 amide bonds. The molecule has 0 aliphatic rings. The van der Waals surface area contributed by atoms with E-state index in [9.17, 15) is 18.0 Å². The summed E-state index contributed by atoms with van der Waals surface area (Å²) in [6.45, 7) is 0. The third-order valence-electron chi connectivity index (χ3n) is 3.29. The number of halogens is 4. The van der Waals surface area contributed by atoms with Crippen LogP contribution in [0.15, 0.2) is 41.6 Å². The minimum absolute atomic E-state index is 0.0754. The molecule has 0 bridgehead atoms. The Morgan fingerprint density at radius 2 is 1.73 bits per heavy atom. The molecule has 26 heavy (non-hydrogen) atoms. The van der Waals surface area contributed by atoms with Gasteiger partial charge in [0.25, 0.3) is 0 Å². The van der Waals surface area contributed by atoms with Crippen LogP contribution in [0.25, 0.3) is 0 Å². The van der Waals surface area contributed by atoms with Crippen molar-refractivity contribution in [2.45, 2.75) is 6.18 Å². The highest BCUT2D eigenvalue weighted by Gasteiger charge is 2.30. The van der Waals surface area contributed by atoms with Crippen molar-refractivity contribution in [2.75, 3.05) is 14.2 Å². The van der Waals surface area contributed by atoms with Gasteiger partial charge in [0, 0.05) is 5.56 Å². The fraction of sp³-hybridized carbons (Fsp3) is 0.176. The topological polar surface area (TPSA) is 57.1 Å². The van der Waals surface area contributed by atoms with Gasteiger partial charge in [-0.2, -0.15) is 13.2 Å². The van der Waals surface area contributed by atoms with Crippen molar-refractivity contribution in [3.63, 3.8) is 0 Å². The van der Waals surface area contributed by atoms with Gasteiger partial charge in [0.1, 0.15) is 0 Å². The van der Waals surface area contributed by atoms with Crippen LogP contribution in [0.1, 0.15) is 21.5 Å². The molecule has 138 valence electrons. The summed E-state index contributed by atoms with van der Waals surface area (Å²) in [6.07, 6.45) is -3.31. The van der Waals surface area contributed by atoms with E-state index < -0.39 is 17.7 Å². The molecular weight excluding hydrogens is 375 g/mol. The number of hydrogen-bond donors (Lipinski definition) is 0. The number of alkyl halides is 3. The number of oxime groups is 1. The molecule has 0 N–H and O–H groups in total. The minimum Gasteiger partial charge on any atom is -0.493 e. The van der Waals surface area contributed by atoms with Gasteiger partial charge in [-0.05, 0) is 36.4 Å². The van der Waals surface area contributed by atoms with Crippen molar-refractivity contribution in [1.82, 2.24) is 0 Å². The highest BCUT2D eigenvalue weighted by Crippen LogP contribution is 2.36. The normalized spacial score (nSPS) is 11.5. The molecule has 0 radical (unpaired) electrons. The fourth-order valence-electron chi connectivity index (χ4n) is 1.98. The van der Waals surface area contributed by atoms with Crippen molar-refractivity contribution >= 4 is 23.8 Å².